The summed E-state index contributed by atoms with van der Waals surface area (Å²) in [5.41, 5.74) is 11.0. The number of hydrogen-bond acceptors (Lipinski definition) is 8. The lowest BCUT2D eigenvalue weighted by molar-refractivity contribution is 0.132. The van der Waals surface area contributed by atoms with Crippen LogP contribution in [0, 0.1) is 18.7 Å². The highest BCUT2D eigenvalue weighted by Gasteiger charge is 2.33. The zero-order valence-electron chi connectivity index (χ0n) is 25.9. The second kappa shape index (κ2) is 13.3. The molecule has 12 nitrogen and oxygen atoms in total. The second-order valence-electron chi connectivity index (χ2n) is 12.5. The summed E-state index contributed by atoms with van der Waals surface area (Å²) in [5, 5.41) is 24.1. The number of fused-ring (bicyclic) bond motifs is 2. The smallest absolute Gasteiger partial charge is 0.322 e. The molecule has 1 aromatic heterocycles. The van der Waals surface area contributed by atoms with Crippen LogP contribution in [0.2, 0.25) is 0 Å². The number of aryl methyl sites for hydroxylation is 1. The minimum absolute atomic E-state index is 0.0401. The maximum Gasteiger partial charge on any atom is 0.322 e. The number of hydrazine groups is 1. The summed E-state index contributed by atoms with van der Waals surface area (Å²) in [4.78, 5) is 16.9. The molecule has 1 atom stereocenters. The largest absolute Gasteiger partial charge is 0.384 e. The number of nitrogens with two attached hydrogens (primary N) is 2. The number of amides is 2. The molecule has 2 saturated heterocycles. The van der Waals surface area contributed by atoms with Crippen LogP contribution in [-0.4, -0.2) is 81.8 Å². The molecule has 45 heavy (non-hydrogen) atoms. The lowest BCUT2D eigenvalue weighted by Gasteiger charge is -2.42. The molecule has 0 radical (unpaired) electrons. The molecule has 3 aliphatic heterocycles. The van der Waals surface area contributed by atoms with E-state index in [-0.39, 0.29) is 23.8 Å². The molecule has 1 unspecified atom stereocenters. The Balaban J connectivity index is 1.12. The first-order valence-electron chi connectivity index (χ1n) is 15.8. The van der Waals surface area contributed by atoms with Gasteiger partial charge in [-0.15, -0.1) is 5.10 Å². The third-order valence-corrected chi connectivity index (χ3v) is 9.31. The summed E-state index contributed by atoms with van der Waals surface area (Å²) in [6.45, 7) is 10.9. The maximum absolute atomic E-state index is 14.2. The van der Waals surface area contributed by atoms with Gasteiger partial charge in [0.25, 0.3) is 0 Å². The second-order valence-corrected chi connectivity index (χ2v) is 12.5. The number of urea groups is 1. The SMILES string of the molecule is C=C(NC(Cc1cc(C)c2[nH]ncc2c1)/C(N)=N/N(N)CC1CCNCC1)N1CCC(N2Cc3cccc(F)c3NC2=O)CC1. The number of likely N-dealkylation sites (tertiary alicyclic amines) is 1. The van der Waals surface area contributed by atoms with Gasteiger partial charge in [-0.25, -0.2) is 20.1 Å². The molecule has 2 aromatic carbocycles. The molecule has 0 spiro atoms. The zero-order valence-corrected chi connectivity index (χ0v) is 25.9. The third-order valence-electron chi connectivity index (χ3n) is 9.31. The number of H-pyrrole nitrogens is 1. The van der Waals surface area contributed by atoms with Crippen LogP contribution >= 0.6 is 0 Å². The van der Waals surface area contributed by atoms with Gasteiger partial charge >= 0.3 is 6.03 Å². The first-order valence-corrected chi connectivity index (χ1v) is 15.8. The van der Waals surface area contributed by atoms with E-state index in [2.05, 4.69) is 61.8 Å². The van der Waals surface area contributed by atoms with Gasteiger partial charge in [0, 0.05) is 31.1 Å². The number of rotatable bonds is 10. The number of para-hydroxylation sites is 1. The normalized spacial score (nSPS) is 18.9. The Morgan fingerprint density at radius 1 is 1.24 bits per heavy atom. The molecule has 0 saturated carbocycles. The van der Waals surface area contributed by atoms with Crippen LogP contribution in [0.5, 0.6) is 0 Å². The number of benzene rings is 2. The van der Waals surface area contributed by atoms with Crippen molar-refractivity contribution in [3.05, 3.63) is 71.4 Å². The lowest BCUT2D eigenvalue weighted by Crippen LogP contribution is -2.52. The standard InChI is InChI=1S/C32H44FN11O/c1-20-14-23(15-25-17-37-40-29(20)25)16-28(31(34)41-44(35)18-22-6-10-36-11-7-22)38-21(2)42-12-8-26(9-13-42)43-19-24-4-3-5-27(33)30(24)39-32(43)45/h3-5,14-15,17,22,26,28,36,38H,2,6-13,16,18-19,35H2,1H3,(H2,34,41)(H,37,40)(H,39,45). The van der Waals surface area contributed by atoms with Crippen LogP contribution in [0.25, 0.3) is 10.9 Å². The number of aromatic nitrogens is 2. The minimum atomic E-state index is -0.404. The average Bonchev–Trinajstić information content (AvgIpc) is 3.51. The van der Waals surface area contributed by atoms with E-state index in [1.807, 2.05) is 17.2 Å². The van der Waals surface area contributed by atoms with Crippen molar-refractivity contribution in [2.75, 3.05) is 38.0 Å². The van der Waals surface area contributed by atoms with Gasteiger partial charge in [0.1, 0.15) is 11.7 Å². The predicted octanol–water partition coefficient (Wildman–Crippen LogP) is 2.94. The number of carbonyl (C=O) groups is 1. The Kier molecular flexibility index (Phi) is 9.08. The third kappa shape index (κ3) is 6.99. The van der Waals surface area contributed by atoms with E-state index in [0.717, 1.165) is 72.2 Å². The fourth-order valence-electron chi connectivity index (χ4n) is 6.79. The number of amidine groups is 1. The van der Waals surface area contributed by atoms with Crippen molar-refractivity contribution in [1.82, 2.24) is 35.7 Å². The Hall–Kier alpha value is -4.36. The van der Waals surface area contributed by atoms with E-state index < -0.39 is 5.82 Å². The number of nitrogens with zero attached hydrogens (tertiary/aromatic N) is 5. The Labute approximate surface area is 263 Å². The number of carbonyl (C=O) groups excluding carboxylic acids is 1. The van der Waals surface area contributed by atoms with E-state index in [0.29, 0.717) is 44.4 Å². The van der Waals surface area contributed by atoms with Crippen molar-refractivity contribution in [1.29, 1.82) is 0 Å². The Morgan fingerprint density at radius 2 is 2.02 bits per heavy atom. The summed E-state index contributed by atoms with van der Waals surface area (Å²) in [7, 11) is 0. The van der Waals surface area contributed by atoms with Gasteiger partial charge in [-0.2, -0.15) is 5.10 Å². The molecule has 2 fully saturated rings. The number of hydrazone groups is 1. The van der Waals surface area contributed by atoms with Crippen LogP contribution < -0.4 is 27.5 Å². The van der Waals surface area contributed by atoms with E-state index in [9.17, 15) is 9.18 Å². The van der Waals surface area contributed by atoms with E-state index in [1.165, 1.54) is 11.2 Å². The average molecular weight is 618 g/mol. The molecule has 240 valence electrons. The lowest BCUT2D eigenvalue weighted by atomic mass is 9.98. The van der Waals surface area contributed by atoms with Gasteiger partial charge in [0.05, 0.1) is 35.8 Å². The van der Waals surface area contributed by atoms with Crippen LogP contribution in [0.4, 0.5) is 14.9 Å². The van der Waals surface area contributed by atoms with Crippen molar-refractivity contribution < 1.29 is 9.18 Å². The first-order chi connectivity index (χ1) is 21.7. The van der Waals surface area contributed by atoms with Crippen molar-refractivity contribution in [2.45, 2.75) is 57.7 Å². The van der Waals surface area contributed by atoms with Crippen molar-refractivity contribution >= 4 is 28.5 Å². The summed E-state index contributed by atoms with van der Waals surface area (Å²) in [6, 6.07) is 8.60. The quantitative estimate of drug-likeness (QED) is 0.0878. The molecule has 3 aromatic rings. The van der Waals surface area contributed by atoms with Crippen LogP contribution in [0.15, 0.2) is 54.0 Å². The molecule has 0 bridgehead atoms. The van der Waals surface area contributed by atoms with E-state index in [4.69, 9.17) is 11.6 Å². The van der Waals surface area contributed by atoms with Crippen molar-refractivity contribution in [2.24, 2.45) is 22.6 Å². The summed E-state index contributed by atoms with van der Waals surface area (Å²) < 4.78 is 14.2. The molecule has 0 aliphatic carbocycles. The van der Waals surface area contributed by atoms with Gasteiger partial charge < -0.3 is 31.5 Å². The van der Waals surface area contributed by atoms with Gasteiger partial charge in [0.2, 0.25) is 0 Å². The van der Waals surface area contributed by atoms with E-state index in [1.54, 1.807) is 6.07 Å². The molecule has 8 N–H and O–H groups in total. The Morgan fingerprint density at radius 3 is 2.80 bits per heavy atom. The Bertz CT molecular complexity index is 1560. The fourth-order valence-corrected chi connectivity index (χ4v) is 6.79. The maximum atomic E-state index is 14.2. The number of nitrogens with one attached hydrogen (secondary N) is 4. The first kappa shape index (κ1) is 30.7. The fraction of sp³-hybridized carbons (Fsp3) is 0.469. The molecular weight excluding hydrogens is 573 g/mol. The molecule has 2 amide bonds. The highest BCUT2D eigenvalue weighted by Crippen LogP contribution is 2.30. The summed E-state index contributed by atoms with van der Waals surface area (Å²) >= 11 is 0. The molecule has 6 rings (SSSR count). The highest BCUT2D eigenvalue weighted by atomic mass is 19.1. The van der Waals surface area contributed by atoms with Crippen molar-refractivity contribution in [3.63, 3.8) is 0 Å². The number of anilines is 1. The highest BCUT2D eigenvalue weighted by molar-refractivity contribution is 5.92. The number of halogens is 1. The molecule has 13 heteroatoms. The monoisotopic (exact) mass is 617 g/mol. The minimum Gasteiger partial charge on any atom is -0.384 e. The molecule has 3 aliphatic rings. The van der Waals surface area contributed by atoms with Gasteiger partial charge in [-0.3, -0.25) is 5.10 Å². The summed E-state index contributed by atoms with van der Waals surface area (Å²) in [5.74, 6) is 7.55. The van der Waals surface area contributed by atoms with Crippen LogP contribution in [0.3, 0.4) is 0 Å². The zero-order chi connectivity index (χ0) is 31.5. The van der Waals surface area contributed by atoms with Crippen LogP contribution in [0.1, 0.15) is 42.4 Å². The van der Waals surface area contributed by atoms with Crippen LogP contribution in [-0.2, 0) is 13.0 Å². The van der Waals surface area contributed by atoms with Gasteiger partial charge in [-0.05, 0) is 86.9 Å². The van der Waals surface area contributed by atoms with Gasteiger partial charge in [-0.1, -0.05) is 24.8 Å². The molecule has 4 heterocycles. The number of piperidine rings is 2. The van der Waals surface area contributed by atoms with Crippen molar-refractivity contribution in [3.8, 4) is 0 Å². The number of hydrogen-bond donors (Lipinski definition) is 6. The predicted molar refractivity (Wildman–Crippen MR) is 174 cm³/mol. The van der Waals surface area contributed by atoms with E-state index >= 15 is 0 Å². The molecular formula is C32H44FN11O. The summed E-state index contributed by atoms with van der Waals surface area (Å²) in [6.07, 6.45) is 6.05. The number of aromatic amines is 1. The van der Waals surface area contributed by atoms with Gasteiger partial charge in [0.15, 0.2) is 0 Å². The topological polar surface area (TPSA) is 156 Å².